The number of hydrogen-bond donors (Lipinski definition) is 1. The fourth-order valence-corrected chi connectivity index (χ4v) is 1.75. The van der Waals surface area contributed by atoms with Crippen molar-refractivity contribution in [3.8, 4) is 0 Å². The third-order valence-corrected chi connectivity index (χ3v) is 2.46. The van der Waals surface area contributed by atoms with E-state index in [0.29, 0.717) is 0 Å². The van der Waals surface area contributed by atoms with E-state index in [1.165, 1.54) is 0 Å². The number of aromatic amines is 1. The van der Waals surface area contributed by atoms with E-state index in [2.05, 4.69) is 9.97 Å². The molecular weight excluding hydrogens is 190 g/mol. The van der Waals surface area contributed by atoms with Gasteiger partial charge < -0.3 is 4.98 Å². The number of fused-ring (bicyclic) bond motifs is 1. The predicted molar refractivity (Wildman–Crippen MR) is 60.1 cm³/mol. The Morgan fingerprint density at radius 2 is 2.07 bits per heavy atom. The molecule has 0 spiro atoms. The highest BCUT2D eigenvalue weighted by molar-refractivity contribution is 5.74. The second kappa shape index (κ2) is 2.95. The summed E-state index contributed by atoms with van der Waals surface area (Å²) in [4.78, 5) is 18.9. The van der Waals surface area contributed by atoms with Gasteiger partial charge in [-0.15, -0.1) is 0 Å². The third kappa shape index (κ3) is 1.46. The van der Waals surface area contributed by atoms with Crippen molar-refractivity contribution in [2.45, 2.75) is 33.2 Å². The number of hydrogen-bond acceptors (Lipinski definition) is 2. The lowest BCUT2D eigenvalue weighted by atomic mass is 10.1. The summed E-state index contributed by atoms with van der Waals surface area (Å²) < 4.78 is 1.69. The molecule has 0 radical (unpaired) electrons. The molecule has 2 rings (SSSR count). The minimum atomic E-state index is -0.254. The van der Waals surface area contributed by atoms with Crippen molar-refractivity contribution in [3.63, 3.8) is 0 Å². The second-order valence-corrected chi connectivity index (χ2v) is 4.76. The first-order chi connectivity index (χ1) is 6.91. The lowest BCUT2D eigenvalue weighted by Gasteiger charge is -2.19. The maximum Gasteiger partial charge on any atom is 0.328 e. The van der Waals surface area contributed by atoms with Gasteiger partial charge in [-0.2, -0.15) is 0 Å². The molecule has 2 heterocycles. The Balaban J connectivity index is 2.92. The van der Waals surface area contributed by atoms with Gasteiger partial charge in [0.2, 0.25) is 0 Å². The maximum atomic E-state index is 11.8. The number of rotatable bonds is 0. The highest BCUT2D eigenvalue weighted by Crippen LogP contribution is 2.18. The van der Waals surface area contributed by atoms with Crippen LogP contribution in [0.25, 0.3) is 11.2 Å². The largest absolute Gasteiger partial charge is 0.328 e. The van der Waals surface area contributed by atoms with Crippen LogP contribution in [0.15, 0.2) is 17.1 Å². The van der Waals surface area contributed by atoms with Gasteiger partial charge in [0.25, 0.3) is 0 Å². The number of imidazole rings is 1. The zero-order valence-corrected chi connectivity index (χ0v) is 9.46. The van der Waals surface area contributed by atoms with Crippen LogP contribution in [0.5, 0.6) is 0 Å². The van der Waals surface area contributed by atoms with Gasteiger partial charge >= 0.3 is 5.69 Å². The van der Waals surface area contributed by atoms with Gasteiger partial charge in [0.15, 0.2) is 5.65 Å². The van der Waals surface area contributed by atoms with Crippen LogP contribution in [0.1, 0.15) is 26.3 Å². The number of pyridine rings is 1. The molecule has 0 aliphatic carbocycles. The fourth-order valence-electron chi connectivity index (χ4n) is 1.75. The molecule has 0 aliphatic rings. The van der Waals surface area contributed by atoms with E-state index in [1.54, 1.807) is 10.8 Å². The average Bonchev–Trinajstić information content (AvgIpc) is 2.41. The third-order valence-electron chi connectivity index (χ3n) is 2.46. The van der Waals surface area contributed by atoms with Crippen LogP contribution in [0.2, 0.25) is 0 Å². The molecule has 0 unspecified atom stereocenters. The molecule has 4 heteroatoms. The minimum Gasteiger partial charge on any atom is -0.304 e. The quantitative estimate of drug-likeness (QED) is 0.712. The zero-order valence-electron chi connectivity index (χ0n) is 9.46. The van der Waals surface area contributed by atoms with E-state index < -0.39 is 0 Å². The summed E-state index contributed by atoms with van der Waals surface area (Å²) in [5.41, 5.74) is 2.25. The van der Waals surface area contributed by atoms with Gasteiger partial charge in [-0.05, 0) is 39.3 Å². The summed E-state index contributed by atoms with van der Waals surface area (Å²) in [6.07, 6.45) is 1.73. The molecule has 0 saturated carbocycles. The average molecular weight is 205 g/mol. The first-order valence-corrected chi connectivity index (χ1v) is 4.98. The van der Waals surface area contributed by atoms with Gasteiger partial charge in [-0.25, -0.2) is 9.78 Å². The summed E-state index contributed by atoms with van der Waals surface area (Å²) >= 11 is 0. The number of aryl methyl sites for hydroxylation is 1. The molecule has 0 saturated heterocycles. The van der Waals surface area contributed by atoms with Crippen LogP contribution < -0.4 is 5.69 Å². The van der Waals surface area contributed by atoms with E-state index in [-0.39, 0.29) is 11.2 Å². The number of aromatic nitrogens is 3. The zero-order chi connectivity index (χ0) is 11.2. The number of H-pyrrole nitrogens is 1. The van der Waals surface area contributed by atoms with Crippen LogP contribution in [-0.4, -0.2) is 14.5 Å². The van der Waals surface area contributed by atoms with Crippen LogP contribution in [0.3, 0.4) is 0 Å². The van der Waals surface area contributed by atoms with Crippen molar-refractivity contribution < 1.29 is 0 Å². The van der Waals surface area contributed by atoms with Crippen molar-refractivity contribution in [2.75, 3.05) is 0 Å². The fraction of sp³-hybridized carbons (Fsp3) is 0.455. The Labute approximate surface area is 88.0 Å². The van der Waals surface area contributed by atoms with Crippen molar-refractivity contribution in [1.29, 1.82) is 0 Å². The maximum absolute atomic E-state index is 11.8. The Morgan fingerprint density at radius 1 is 1.40 bits per heavy atom. The van der Waals surface area contributed by atoms with E-state index in [9.17, 15) is 4.79 Å². The molecule has 0 bridgehead atoms. The van der Waals surface area contributed by atoms with Crippen molar-refractivity contribution in [2.24, 2.45) is 0 Å². The summed E-state index contributed by atoms with van der Waals surface area (Å²) in [5.74, 6) is 0. The van der Waals surface area contributed by atoms with E-state index in [4.69, 9.17) is 0 Å². The topological polar surface area (TPSA) is 50.7 Å². The van der Waals surface area contributed by atoms with Gasteiger partial charge in [-0.1, -0.05) is 0 Å². The smallest absolute Gasteiger partial charge is 0.304 e. The highest BCUT2D eigenvalue weighted by Gasteiger charge is 2.20. The molecule has 15 heavy (non-hydrogen) atoms. The Bertz CT molecular complexity index is 557. The van der Waals surface area contributed by atoms with Gasteiger partial charge in [0.1, 0.15) is 0 Å². The van der Waals surface area contributed by atoms with Gasteiger partial charge in [-0.3, -0.25) is 4.57 Å². The molecular formula is C11H15N3O. The lowest BCUT2D eigenvalue weighted by molar-refractivity contribution is 0.395. The molecule has 0 aliphatic heterocycles. The molecule has 4 nitrogen and oxygen atoms in total. The molecule has 1 N–H and O–H groups in total. The Hall–Kier alpha value is -1.58. The van der Waals surface area contributed by atoms with Gasteiger partial charge in [0, 0.05) is 11.7 Å². The Kier molecular flexibility index (Phi) is 1.96. The first kappa shape index (κ1) is 9.96. The molecule has 0 atom stereocenters. The van der Waals surface area contributed by atoms with Crippen LogP contribution >= 0.6 is 0 Å². The van der Waals surface area contributed by atoms with E-state index in [0.717, 1.165) is 16.7 Å². The standard InChI is InChI=1S/C11H15N3O/c1-7-5-6-12-9-8(7)13-10(15)14(9)11(2,3)4/h5-6H,1-4H3,(H,13,15). The normalized spacial score (nSPS) is 12.3. The van der Waals surface area contributed by atoms with Crippen LogP contribution in [0, 0.1) is 6.92 Å². The summed E-state index contributed by atoms with van der Waals surface area (Å²) in [6.45, 7) is 7.94. The van der Waals surface area contributed by atoms with Crippen LogP contribution in [0.4, 0.5) is 0 Å². The molecule has 2 aromatic heterocycles. The predicted octanol–water partition coefficient (Wildman–Crippen LogP) is 1.79. The lowest BCUT2D eigenvalue weighted by Crippen LogP contribution is -2.32. The first-order valence-electron chi connectivity index (χ1n) is 4.98. The van der Waals surface area contributed by atoms with E-state index in [1.807, 2.05) is 33.8 Å². The number of nitrogens with one attached hydrogen (secondary N) is 1. The molecule has 2 aromatic rings. The Morgan fingerprint density at radius 3 is 2.67 bits per heavy atom. The summed E-state index contributed by atoms with van der Waals surface area (Å²) in [6, 6.07) is 1.89. The van der Waals surface area contributed by atoms with E-state index >= 15 is 0 Å². The van der Waals surface area contributed by atoms with Crippen LogP contribution in [-0.2, 0) is 5.54 Å². The van der Waals surface area contributed by atoms with Gasteiger partial charge in [0.05, 0.1) is 5.52 Å². The van der Waals surface area contributed by atoms with Crippen molar-refractivity contribution in [3.05, 3.63) is 28.3 Å². The second-order valence-electron chi connectivity index (χ2n) is 4.76. The van der Waals surface area contributed by atoms with Crippen molar-refractivity contribution >= 4 is 11.2 Å². The SMILES string of the molecule is Cc1ccnc2c1[nH]c(=O)n2C(C)(C)C. The highest BCUT2D eigenvalue weighted by atomic mass is 16.1. The molecule has 0 fully saturated rings. The number of nitrogens with zero attached hydrogens (tertiary/aromatic N) is 2. The molecule has 0 aromatic carbocycles. The monoisotopic (exact) mass is 205 g/mol. The summed E-state index contributed by atoms with van der Waals surface area (Å²) in [7, 11) is 0. The molecule has 80 valence electrons. The van der Waals surface area contributed by atoms with Crippen molar-refractivity contribution in [1.82, 2.24) is 14.5 Å². The molecule has 0 amide bonds. The minimum absolute atomic E-state index is 0.0979. The summed E-state index contributed by atoms with van der Waals surface area (Å²) in [5, 5.41) is 0.